The van der Waals surface area contributed by atoms with Gasteiger partial charge in [0.05, 0.1) is 13.2 Å². The molecule has 0 saturated heterocycles. The van der Waals surface area contributed by atoms with Crippen LogP contribution in [0.1, 0.15) is 66.2 Å². The summed E-state index contributed by atoms with van der Waals surface area (Å²) in [4.78, 5) is 24.3. The molecule has 0 aliphatic carbocycles. The number of hydrogen-bond donors (Lipinski definition) is 0. The van der Waals surface area contributed by atoms with Gasteiger partial charge in [0.1, 0.15) is 0 Å². The number of rotatable bonds is 10. The summed E-state index contributed by atoms with van der Waals surface area (Å²) in [6.45, 7) is 8.45. The van der Waals surface area contributed by atoms with Crippen LogP contribution in [0.25, 0.3) is 0 Å². The molecule has 112 valence electrons. The molecule has 4 nitrogen and oxygen atoms in total. The maximum atomic E-state index is 12.2. The van der Waals surface area contributed by atoms with E-state index < -0.39 is 17.4 Å². The zero-order valence-electron chi connectivity index (χ0n) is 12.8. The molecule has 0 aromatic heterocycles. The molecule has 0 rings (SSSR count). The molecule has 0 N–H and O–H groups in total. The Morgan fingerprint density at radius 2 is 1.16 bits per heavy atom. The monoisotopic (exact) mass is 272 g/mol. The normalized spacial score (nSPS) is 11.2. The van der Waals surface area contributed by atoms with E-state index in [-0.39, 0.29) is 0 Å². The average molecular weight is 272 g/mol. The second-order valence-corrected chi connectivity index (χ2v) is 4.77. The quantitative estimate of drug-likeness (QED) is 0.347. The molecule has 0 aliphatic rings. The van der Waals surface area contributed by atoms with Gasteiger partial charge in [0, 0.05) is 0 Å². The Labute approximate surface area is 116 Å². The van der Waals surface area contributed by atoms with Crippen molar-refractivity contribution in [1.82, 2.24) is 0 Å². The summed E-state index contributed by atoms with van der Waals surface area (Å²) in [5, 5.41) is 0. The van der Waals surface area contributed by atoms with Gasteiger partial charge in [0.25, 0.3) is 0 Å². The molecule has 0 radical (unpaired) electrons. The van der Waals surface area contributed by atoms with E-state index in [2.05, 4.69) is 0 Å². The van der Waals surface area contributed by atoms with Crippen molar-refractivity contribution in [3.05, 3.63) is 0 Å². The van der Waals surface area contributed by atoms with Crippen LogP contribution in [0.5, 0.6) is 0 Å². The van der Waals surface area contributed by atoms with E-state index in [1.807, 2.05) is 27.7 Å². The molecule has 0 aromatic carbocycles. The van der Waals surface area contributed by atoms with Crippen molar-refractivity contribution in [3.8, 4) is 0 Å². The third-order valence-corrected chi connectivity index (χ3v) is 3.45. The largest absolute Gasteiger partial charge is 0.465 e. The third kappa shape index (κ3) is 5.21. The number of esters is 2. The maximum absolute atomic E-state index is 12.2. The second-order valence-electron chi connectivity index (χ2n) is 4.77. The molecule has 0 unspecified atom stereocenters. The lowest BCUT2D eigenvalue weighted by Crippen LogP contribution is -2.41. The van der Waals surface area contributed by atoms with E-state index >= 15 is 0 Å². The first-order valence-corrected chi connectivity index (χ1v) is 7.43. The molecule has 0 spiro atoms. The zero-order chi connectivity index (χ0) is 14.7. The van der Waals surface area contributed by atoms with Crippen LogP contribution < -0.4 is 0 Å². The highest BCUT2D eigenvalue weighted by molar-refractivity contribution is 5.99. The Kier molecular flexibility index (Phi) is 9.27. The molecule has 0 aliphatic heterocycles. The summed E-state index contributed by atoms with van der Waals surface area (Å²) in [6.07, 6.45) is 4.39. The van der Waals surface area contributed by atoms with E-state index in [9.17, 15) is 9.59 Å². The Bertz CT molecular complexity index is 245. The summed E-state index contributed by atoms with van der Waals surface area (Å²) in [5.41, 5.74) is -1.12. The summed E-state index contributed by atoms with van der Waals surface area (Å²) < 4.78 is 10.4. The van der Waals surface area contributed by atoms with Crippen LogP contribution in [-0.2, 0) is 19.1 Å². The zero-order valence-corrected chi connectivity index (χ0v) is 12.8. The molecule has 0 bridgehead atoms. The molecule has 0 amide bonds. The number of unbranched alkanes of at least 4 members (excludes halogenated alkanes) is 2. The summed E-state index contributed by atoms with van der Waals surface area (Å²) in [7, 11) is 0. The highest BCUT2D eigenvalue weighted by Gasteiger charge is 2.45. The van der Waals surface area contributed by atoms with E-state index in [1.165, 1.54) is 0 Å². The molecular formula is C15H28O4. The lowest BCUT2D eigenvalue weighted by molar-refractivity contribution is -0.173. The lowest BCUT2D eigenvalue weighted by atomic mass is 9.82. The van der Waals surface area contributed by atoms with Gasteiger partial charge in [-0.2, -0.15) is 0 Å². The first kappa shape index (κ1) is 17.9. The molecule has 19 heavy (non-hydrogen) atoms. The number of carbonyl (C=O) groups excluding carboxylic acids is 2. The van der Waals surface area contributed by atoms with E-state index in [0.29, 0.717) is 26.1 Å². The molecule has 0 aromatic rings. The molecule has 4 heteroatoms. The van der Waals surface area contributed by atoms with Gasteiger partial charge in [-0.1, -0.05) is 40.5 Å². The first-order valence-electron chi connectivity index (χ1n) is 7.43. The topological polar surface area (TPSA) is 52.6 Å². The smallest absolute Gasteiger partial charge is 0.323 e. The fourth-order valence-electron chi connectivity index (χ4n) is 1.81. The predicted molar refractivity (Wildman–Crippen MR) is 74.7 cm³/mol. The van der Waals surface area contributed by atoms with Gasteiger partial charge in [0.15, 0.2) is 5.41 Å². The van der Waals surface area contributed by atoms with Crippen LogP contribution in [0.4, 0.5) is 0 Å². The molecular weight excluding hydrogens is 244 g/mol. The SMILES string of the molecule is CCCCOC(=O)C(CC)(CC)C(=O)OCCCC. The van der Waals surface area contributed by atoms with Crippen molar-refractivity contribution in [2.24, 2.45) is 5.41 Å². The number of ether oxygens (including phenoxy) is 2. The van der Waals surface area contributed by atoms with Gasteiger partial charge in [-0.3, -0.25) is 9.59 Å². The van der Waals surface area contributed by atoms with Crippen molar-refractivity contribution in [2.75, 3.05) is 13.2 Å². The van der Waals surface area contributed by atoms with Crippen molar-refractivity contribution in [1.29, 1.82) is 0 Å². The molecule has 0 fully saturated rings. The Balaban J connectivity index is 4.62. The molecule has 0 heterocycles. The average Bonchev–Trinajstić information content (AvgIpc) is 2.41. The van der Waals surface area contributed by atoms with Crippen LogP contribution in [0.15, 0.2) is 0 Å². The highest BCUT2D eigenvalue weighted by Crippen LogP contribution is 2.30. The van der Waals surface area contributed by atoms with Crippen LogP contribution >= 0.6 is 0 Å². The fraction of sp³-hybridized carbons (Fsp3) is 0.867. The van der Waals surface area contributed by atoms with Gasteiger partial charge in [-0.05, 0) is 25.7 Å². The van der Waals surface area contributed by atoms with Crippen LogP contribution in [-0.4, -0.2) is 25.2 Å². The van der Waals surface area contributed by atoms with Crippen molar-refractivity contribution >= 4 is 11.9 Å². The maximum Gasteiger partial charge on any atom is 0.323 e. The van der Waals surface area contributed by atoms with Gasteiger partial charge in [0.2, 0.25) is 0 Å². The number of hydrogen-bond acceptors (Lipinski definition) is 4. The minimum atomic E-state index is -1.12. The summed E-state index contributed by atoms with van der Waals surface area (Å²) in [5.74, 6) is -0.875. The third-order valence-electron chi connectivity index (χ3n) is 3.45. The summed E-state index contributed by atoms with van der Waals surface area (Å²) >= 11 is 0. The van der Waals surface area contributed by atoms with E-state index in [4.69, 9.17) is 9.47 Å². The minimum Gasteiger partial charge on any atom is -0.465 e. The van der Waals surface area contributed by atoms with Gasteiger partial charge < -0.3 is 9.47 Å². The van der Waals surface area contributed by atoms with Crippen molar-refractivity contribution < 1.29 is 19.1 Å². The van der Waals surface area contributed by atoms with Crippen LogP contribution in [0, 0.1) is 5.41 Å². The lowest BCUT2D eigenvalue weighted by Gasteiger charge is -2.26. The van der Waals surface area contributed by atoms with E-state index in [1.54, 1.807) is 0 Å². The molecule has 0 atom stereocenters. The minimum absolute atomic E-state index is 0.374. The first-order chi connectivity index (χ1) is 9.08. The Hall–Kier alpha value is -1.06. The fourth-order valence-corrected chi connectivity index (χ4v) is 1.81. The highest BCUT2D eigenvalue weighted by atomic mass is 16.6. The van der Waals surface area contributed by atoms with Gasteiger partial charge >= 0.3 is 11.9 Å². The van der Waals surface area contributed by atoms with Crippen LogP contribution in [0.3, 0.4) is 0 Å². The van der Waals surface area contributed by atoms with Crippen molar-refractivity contribution in [2.45, 2.75) is 66.2 Å². The standard InChI is InChI=1S/C15H28O4/c1-5-9-11-18-13(16)15(7-3,8-4)14(17)19-12-10-6-2/h5-12H2,1-4H3. The summed E-state index contributed by atoms with van der Waals surface area (Å²) in [6, 6.07) is 0. The van der Waals surface area contributed by atoms with Crippen molar-refractivity contribution in [3.63, 3.8) is 0 Å². The predicted octanol–water partition coefficient (Wildman–Crippen LogP) is 3.48. The Morgan fingerprint density at radius 3 is 1.42 bits per heavy atom. The van der Waals surface area contributed by atoms with Gasteiger partial charge in [-0.25, -0.2) is 0 Å². The van der Waals surface area contributed by atoms with Crippen LogP contribution in [0.2, 0.25) is 0 Å². The second kappa shape index (κ2) is 9.82. The van der Waals surface area contributed by atoms with Gasteiger partial charge in [-0.15, -0.1) is 0 Å². The number of carbonyl (C=O) groups is 2. The Morgan fingerprint density at radius 1 is 0.789 bits per heavy atom. The van der Waals surface area contributed by atoms with E-state index in [0.717, 1.165) is 25.7 Å². The molecule has 0 saturated carbocycles.